The van der Waals surface area contributed by atoms with E-state index in [-0.39, 0.29) is 0 Å². The summed E-state index contributed by atoms with van der Waals surface area (Å²) in [6, 6.07) is 0. The van der Waals surface area contributed by atoms with Crippen LogP contribution in [-0.2, 0) is 0 Å². The van der Waals surface area contributed by atoms with E-state index in [1.54, 1.807) is 0 Å². The summed E-state index contributed by atoms with van der Waals surface area (Å²) >= 11 is 0. The molecular formula is C10H18N2. The summed E-state index contributed by atoms with van der Waals surface area (Å²) in [5.41, 5.74) is 0.774. The molecule has 2 N–H and O–H groups in total. The van der Waals surface area contributed by atoms with Gasteiger partial charge in [0.05, 0.1) is 0 Å². The van der Waals surface area contributed by atoms with E-state index in [1.165, 1.54) is 45.4 Å². The molecule has 3 rings (SSSR count). The predicted octanol–water partition coefficient (Wildman–Crippen LogP) is 0.596. The van der Waals surface area contributed by atoms with Gasteiger partial charge in [-0.1, -0.05) is 0 Å². The average Bonchev–Trinajstić information content (AvgIpc) is 2.58. The molecule has 0 radical (unpaired) electrons. The van der Waals surface area contributed by atoms with Crippen LogP contribution in [0.2, 0.25) is 0 Å². The molecule has 68 valence electrons. The highest BCUT2D eigenvalue weighted by Gasteiger charge is 2.58. The van der Waals surface area contributed by atoms with Gasteiger partial charge in [-0.3, -0.25) is 0 Å². The van der Waals surface area contributed by atoms with Gasteiger partial charge in [-0.25, -0.2) is 0 Å². The molecule has 0 bridgehead atoms. The van der Waals surface area contributed by atoms with Crippen LogP contribution in [0.15, 0.2) is 0 Å². The second-order valence-electron chi connectivity index (χ2n) is 4.85. The fraction of sp³-hybridized carbons (Fsp3) is 1.00. The highest BCUT2D eigenvalue weighted by atomic mass is 15.0. The molecule has 0 amide bonds. The molecule has 12 heavy (non-hydrogen) atoms. The van der Waals surface area contributed by atoms with E-state index in [0.717, 1.165) is 17.3 Å². The van der Waals surface area contributed by atoms with E-state index in [0.29, 0.717) is 0 Å². The summed E-state index contributed by atoms with van der Waals surface area (Å²) in [6.45, 7) is 5.15. The molecule has 1 saturated carbocycles. The summed E-state index contributed by atoms with van der Waals surface area (Å²) < 4.78 is 0. The zero-order valence-corrected chi connectivity index (χ0v) is 7.60. The van der Waals surface area contributed by atoms with Crippen LogP contribution in [0, 0.1) is 17.3 Å². The molecule has 2 aliphatic heterocycles. The second kappa shape index (κ2) is 2.46. The maximum atomic E-state index is 3.51. The van der Waals surface area contributed by atoms with E-state index in [9.17, 15) is 0 Å². The molecule has 0 aromatic rings. The Morgan fingerprint density at radius 3 is 2.83 bits per heavy atom. The normalized spacial score (nSPS) is 52.0. The topological polar surface area (TPSA) is 24.1 Å². The summed E-state index contributed by atoms with van der Waals surface area (Å²) in [6.07, 6.45) is 4.41. The van der Waals surface area contributed by atoms with Gasteiger partial charge < -0.3 is 10.6 Å². The quantitative estimate of drug-likeness (QED) is 0.596. The molecular weight excluding hydrogens is 148 g/mol. The Hall–Kier alpha value is -0.0800. The van der Waals surface area contributed by atoms with E-state index in [4.69, 9.17) is 0 Å². The molecule has 3 fully saturated rings. The van der Waals surface area contributed by atoms with Crippen LogP contribution in [-0.4, -0.2) is 26.2 Å². The molecule has 3 unspecified atom stereocenters. The fourth-order valence-corrected chi connectivity index (χ4v) is 3.32. The smallest absolute Gasteiger partial charge is 0.00112 e. The largest absolute Gasteiger partial charge is 0.316 e. The van der Waals surface area contributed by atoms with Crippen molar-refractivity contribution in [3.05, 3.63) is 0 Å². The first-order chi connectivity index (χ1) is 5.91. The fourth-order valence-electron chi connectivity index (χ4n) is 3.32. The van der Waals surface area contributed by atoms with Gasteiger partial charge in [0.15, 0.2) is 0 Å². The zero-order chi connectivity index (χ0) is 8.02. The molecule has 3 aliphatic rings. The van der Waals surface area contributed by atoms with E-state index < -0.39 is 0 Å². The van der Waals surface area contributed by atoms with Crippen LogP contribution in [0.1, 0.15) is 19.3 Å². The van der Waals surface area contributed by atoms with Gasteiger partial charge in [0.1, 0.15) is 0 Å². The minimum Gasteiger partial charge on any atom is -0.316 e. The average molecular weight is 166 g/mol. The Morgan fingerprint density at radius 1 is 1.17 bits per heavy atom. The van der Waals surface area contributed by atoms with Crippen molar-refractivity contribution >= 4 is 0 Å². The van der Waals surface area contributed by atoms with Crippen molar-refractivity contribution in [1.82, 2.24) is 10.6 Å². The maximum Gasteiger partial charge on any atom is 0.00112 e. The van der Waals surface area contributed by atoms with Gasteiger partial charge in [-0.2, -0.15) is 0 Å². The third kappa shape index (κ3) is 0.944. The molecule has 2 nitrogen and oxygen atoms in total. The molecule has 1 spiro atoms. The van der Waals surface area contributed by atoms with Crippen molar-refractivity contribution in [2.75, 3.05) is 26.2 Å². The molecule has 2 saturated heterocycles. The lowest BCUT2D eigenvalue weighted by atomic mass is 9.93. The predicted molar refractivity (Wildman–Crippen MR) is 49.0 cm³/mol. The maximum absolute atomic E-state index is 3.51. The lowest BCUT2D eigenvalue weighted by molar-refractivity contribution is 0.397. The number of hydrogen-bond donors (Lipinski definition) is 2. The lowest BCUT2D eigenvalue weighted by Gasteiger charge is -2.12. The minimum atomic E-state index is 0.774. The van der Waals surface area contributed by atoms with Crippen LogP contribution >= 0.6 is 0 Å². The molecule has 0 aromatic heterocycles. The van der Waals surface area contributed by atoms with Crippen molar-refractivity contribution in [3.8, 4) is 0 Å². The third-order valence-corrected chi connectivity index (χ3v) is 4.20. The van der Waals surface area contributed by atoms with Crippen LogP contribution in [0.25, 0.3) is 0 Å². The van der Waals surface area contributed by atoms with Gasteiger partial charge >= 0.3 is 0 Å². The van der Waals surface area contributed by atoms with Crippen molar-refractivity contribution < 1.29 is 0 Å². The Morgan fingerprint density at radius 2 is 2.17 bits per heavy atom. The van der Waals surface area contributed by atoms with Gasteiger partial charge in [-0.05, 0) is 56.1 Å². The zero-order valence-electron chi connectivity index (χ0n) is 7.60. The number of nitrogens with one attached hydrogen (secondary N) is 2. The van der Waals surface area contributed by atoms with Crippen molar-refractivity contribution in [2.45, 2.75) is 19.3 Å². The second-order valence-corrected chi connectivity index (χ2v) is 4.85. The van der Waals surface area contributed by atoms with Gasteiger partial charge in [0.2, 0.25) is 0 Å². The summed E-state index contributed by atoms with van der Waals surface area (Å²) in [4.78, 5) is 0. The first kappa shape index (κ1) is 7.34. The molecule has 1 aliphatic carbocycles. The molecule has 2 heterocycles. The van der Waals surface area contributed by atoms with Crippen LogP contribution in [0.5, 0.6) is 0 Å². The monoisotopic (exact) mass is 166 g/mol. The lowest BCUT2D eigenvalue weighted by Crippen LogP contribution is -2.16. The minimum absolute atomic E-state index is 0.774. The van der Waals surface area contributed by atoms with E-state index >= 15 is 0 Å². The van der Waals surface area contributed by atoms with Crippen molar-refractivity contribution in [3.63, 3.8) is 0 Å². The standard InChI is InChI=1S/C10H18N2/c1-3-11-6-8(1)9-5-10(9)2-4-12-7-10/h8-9,11-12H,1-7H2. The highest BCUT2D eigenvalue weighted by molar-refractivity contribution is 5.09. The Bertz CT molecular complexity index is 178. The van der Waals surface area contributed by atoms with Gasteiger partial charge in [0.25, 0.3) is 0 Å². The first-order valence-electron chi connectivity index (χ1n) is 5.32. The summed E-state index contributed by atoms with van der Waals surface area (Å²) in [5.74, 6) is 2.09. The Kier molecular flexibility index (Phi) is 1.50. The highest BCUT2D eigenvalue weighted by Crippen LogP contribution is 2.60. The third-order valence-electron chi connectivity index (χ3n) is 4.20. The summed E-state index contributed by atoms with van der Waals surface area (Å²) in [7, 11) is 0. The summed E-state index contributed by atoms with van der Waals surface area (Å²) in [5, 5.41) is 6.99. The van der Waals surface area contributed by atoms with Crippen LogP contribution in [0.4, 0.5) is 0 Å². The van der Waals surface area contributed by atoms with Gasteiger partial charge in [0, 0.05) is 6.54 Å². The van der Waals surface area contributed by atoms with Crippen LogP contribution < -0.4 is 10.6 Å². The van der Waals surface area contributed by atoms with Crippen LogP contribution in [0.3, 0.4) is 0 Å². The van der Waals surface area contributed by atoms with Gasteiger partial charge in [-0.15, -0.1) is 0 Å². The number of rotatable bonds is 1. The molecule has 2 heteroatoms. The van der Waals surface area contributed by atoms with Crippen molar-refractivity contribution in [1.29, 1.82) is 0 Å². The first-order valence-corrected chi connectivity index (χ1v) is 5.32. The SMILES string of the molecule is C1CC(C2CC23CCNC3)CN1. The molecule has 0 aromatic carbocycles. The van der Waals surface area contributed by atoms with E-state index in [1.807, 2.05) is 0 Å². The molecule has 3 atom stereocenters. The Labute approximate surface area is 74.1 Å². The Balaban J connectivity index is 1.66. The number of hydrogen-bond acceptors (Lipinski definition) is 2. The van der Waals surface area contributed by atoms with E-state index in [2.05, 4.69) is 10.6 Å². The van der Waals surface area contributed by atoms with Crippen molar-refractivity contribution in [2.24, 2.45) is 17.3 Å².